The molecule has 1 aliphatic rings. The number of H-pyrrole nitrogens is 1. The minimum Gasteiger partial charge on any atom is -0.361 e. The van der Waals surface area contributed by atoms with Gasteiger partial charge < -0.3 is 15.2 Å². The van der Waals surface area contributed by atoms with Crippen molar-refractivity contribution >= 4 is 22.7 Å². The predicted octanol–water partition coefficient (Wildman–Crippen LogP) is 2.87. The van der Waals surface area contributed by atoms with E-state index in [-0.39, 0.29) is 17.7 Å². The molecule has 0 aliphatic carbocycles. The molecule has 2 N–H and O–H groups in total. The summed E-state index contributed by atoms with van der Waals surface area (Å²) < 4.78 is 0. The fourth-order valence-electron chi connectivity index (χ4n) is 3.48. The minimum atomic E-state index is 0.0500. The molecule has 0 atom stereocenters. The van der Waals surface area contributed by atoms with Gasteiger partial charge in [-0.15, -0.1) is 0 Å². The van der Waals surface area contributed by atoms with Crippen molar-refractivity contribution in [3.8, 4) is 0 Å². The van der Waals surface area contributed by atoms with Gasteiger partial charge in [0, 0.05) is 42.7 Å². The third kappa shape index (κ3) is 4.21. The summed E-state index contributed by atoms with van der Waals surface area (Å²) in [6, 6.07) is 8.04. The molecule has 3 rings (SSSR count). The van der Waals surface area contributed by atoms with E-state index in [2.05, 4.69) is 17.2 Å². The molecule has 0 unspecified atom stereocenters. The fraction of sp³-hybridized carbons (Fsp3) is 0.500. The number of benzene rings is 1. The van der Waals surface area contributed by atoms with Gasteiger partial charge >= 0.3 is 0 Å². The second-order valence-corrected chi connectivity index (χ2v) is 6.84. The molecule has 134 valence electrons. The first-order chi connectivity index (χ1) is 12.2. The molecular weight excluding hydrogens is 314 g/mol. The zero-order valence-corrected chi connectivity index (χ0v) is 14.9. The number of carbonyl (C=O) groups is 2. The summed E-state index contributed by atoms with van der Waals surface area (Å²) in [6.07, 6.45) is 5.97. The van der Waals surface area contributed by atoms with Crippen molar-refractivity contribution in [1.29, 1.82) is 0 Å². The molecule has 1 fully saturated rings. The van der Waals surface area contributed by atoms with Gasteiger partial charge in [0.1, 0.15) is 0 Å². The fourth-order valence-corrected chi connectivity index (χ4v) is 3.48. The molecular formula is C20H27N3O2. The van der Waals surface area contributed by atoms with Crippen molar-refractivity contribution in [3.63, 3.8) is 0 Å². The second-order valence-electron chi connectivity index (χ2n) is 6.84. The number of nitrogens with one attached hydrogen (secondary N) is 2. The summed E-state index contributed by atoms with van der Waals surface area (Å²) in [4.78, 5) is 29.9. The lowest BCUT2D eigenvalue weighted by Crippen LogP contribution is -2.43. The number of rotatable bonds is 6. The van der Waals surface area contributed by atoms with Gasteiger partial charge in [0.05, 0.1) is 6.42 Å². The van der Waals surface area contributed by atoms with Crippen LogP contribution in [0.4, 0.5) is 0 Å². The summed E-state index contributed by atoms with van der Waals surface area (Å²) in [5.41, 5.74) is 2.10. The third-order valence-corrected chi connectivity index (χ3v) is 5.06. The van der Waals surface area contributed by atoms with Crippen molar-refractivity contribution < 1.29 is 9.59 Å². The second kappa shape index (κ2) is 8.19. The standard InChI is InChI=1S/C20H27N3O2/c1-2-3-10-21-20(25)15-8-11-23(12-9-15)19(24)13-16-14-22-18-7-5-4-6-17(16)18/h4-7,14-15,22H,2-3,8-13H2,1H3,(H,21,25). The summed E-state index contributed by atoms with van der Waals surface area (Å²) in [5.74, 6) is 0.348. The highest BCUT2D eigenvalue weighted by Crippen LogP contribution is 2.21. The number of nitrogens with zero attached hydrogens (tertiary/aromatic N) is 1. The highest BCUT2D eigenvalue weighted by molar-refractivity contribution is 5.89. The monoisotopic (exact) mass is 341 g/mol. The first-order valence-corrected chi connectivity index (χ1v) is 9.29. The van der Waals surface area contributed by atoms with Gasteiger partial charge in [-0.3, -0.25) is 9.59 Å². The average molecular weight is 341 g/mol. The third-order valence-electron chi connectivity index (χ3n) is 5.06. The number of para-hydroxylation sites is 1. The highest BCUT2D eigenvalue weighted by Gasteiger charge is 2.27. The highest BCUT2D eigenvalue weighted by atomic mass is 16.2. The maximum Gasteiger partial charge on any atom is 0.227 e. The Morgan fingerprint density at radius 2 is 2.00 bits per heavy atom. The van der Waals surface area contributed by atoms with Gasteiger partial charge in [-0.2, -0.15) is 0 Å². The van der Waals surface area contributed by atoms with Crippen LogP contribution in [0.3, 0.4) is 0 Å². The van der Waals surface area contributed by atoms with E-state index < -0.39 is 0 Å². The van der Waals surface area contributed by atoms with Crippen LogP contribution in [0.25, 0.3) is 10.9 Å². The number of aromatic nitrogens is 1. The number of carbonyl (C=O) groups excluding carboxylic acids is 2. The van der Waals surface area contributed by atoms with Crippen molar-refractivity contribution in [2.24, 2.45) is 5.92 Å². The van der Waals surface area contributed by atoms with Gasteiger partial charge in [-0.05, 0) is 30.9 Å². The summed E-state index contributed by atoms with van der Waals surface area (Å²) in [5, 5.41) is 4.12. The van der Waals surface area contributed by atoms with Crippen molar-refractivity contribution in [3.05, 3.63) is 36.0 Å². The minimum absolute atomic E-state index is 0.0500. The molecule has 25 heavy (non-hydrogen) atoms. The van der Waals surface area contributed by atoms with Crippen LogP contribution in [0.5, 0.6) is 0 Å². The first-order valence-electron chi connectivity index (χ1n) is 9.29. The lowest BCUT2D eigenvalue weighted by atomic mass is 9.95. The van der Waals surface area contributed by atoms with Gasteiger partial charge in [-0.25, -0.2) is 0 Å². The molecule has 5 heteroatoms. The Balaban J connectivity index is 1.51. The van der Waals surface area contributed by atoms with Crippen LogP contribution >= 0.6 is 0 Å². The predicted molar refractivity (Wildman–Crippen MR) is 99.2 cm³/mol. The molecule has 0 saturated carbocycles. The Labute approximate surface area is 148 Å². The van der Waals surface area contributed by atoms with E-state index >= 15 is 0 Å². The van der Waals surface area contributed by atoms with Gasteiger partial charge in [0.2, 0.25) is 11.8 Å². The number of aromatic amines is 1. The van der Waals surface area contributed by atoms with Crippen LogP contribution in [-0.2, 0) is 16.0 Å². The van der Waals surface area contributed by atoms with E-state index in [4.69, 9.17) is 0 Å². The van der Waals surface area contributed by atoms with Crippen LogP contribution in [0, 0.1) is 5.92 Å². The molecule has 2 amide bonds. The number of hydrogen-bond acceptors (Lipinski definition) is 2. The largest absolute Gasteiger partial charge is 0.361 e. The summed E-state index contributed by atoms with van der Waals surface area (Å²) >= 11 is 0. The van der Waals surface area contributed by atoms with Crippen LogP contribution in [-0.4, -0.2) is 41.3 Å². The van der Waals surface area contributed by atoms with E-state index in [1.54, 1.807) is 0 Å². The molecule has 1 saturated heterocycles. The SMILES string of the molecule is CCCCNC(=O)C1CCN(C(=O)Cc2c[nH]c3ccccc23)CC1. The van der Waals surface area contributed by atoms with Crippen LogP contribution in [0.15, 0.2) is 30.5 Å². The van der Waals surface area contributed by atoms with Crippen LogP contribution < -0.4 is 5.32 Å². The quantitative estimate of drug-likeness (QED) is 0.794. The number of amides is 2. The normalized spacial score (nSPS) is 15.5. The number of likely N-dealkylation sites (tertiary alicyclic amines) is 1. The van der Waals surface area contributed by atoms with Gasteiger partial charge in [-0.1, -0.05) is 31.5 Å². The molecule has 0 bridgehead atoms. The average Bonchev–Trinajstić information content (AvgIpc) is 3.05. The van der Waals surface area contributed by atoms with Crippen molar-refractivity contribution in [2.75, 3.05) is 19.6 Å². The Bertz CT molecular complexity index is 729. The lowest BCUT2D eigenvalue weighted by molar-refractivity contribution is -0.135. The molecule has 2 aromatic rings. The Morgan fingerprint density at radius 3 is 2.76 bits per heavy atom. The molecule has 1 aromatic carbocycles. The zero-order chi connectivity index (χ0) is 17.6. The van der Waals surface area contributed by atoms with Gasteiger partial charge in [0.25, 0.3) is 0 Å². The maximum absolute atomic E-state index is 12.6. The van der Waals surface area contributed by atoms with Crippen LogP contribution in [0.2, 0.25) is 0 Å². The summed E-state index contributed by atoms with van der Waals surface area (Å²) in [6.45, 7) is 4.22. The Hall–Kier alpha value is -2.30. The molecule has 0 spiro atoms. The van der Waals surface area contributed by atoms with Crippen molar-refractivity contribution in [2.45, 2.75) is 39.0 Å². The lowest BCUT2D eigenvalue weighted by Gasteiger charge is -2.31. The van der Waals surface area contributed by atoms with Crippen LogP contribution in [0.1, 0.15) is 38.2 Å². The van der Waals surface area contributed by atoms with E-state index in [0.717, 1.165) is 48.7 Å². The molecule has 0 radical (unpaired) electrons. The number of hydrogen-bond donors (Lipinski definition) is 2. The topological polar surface area (TPSA) is 65.2 Å². The molecule has 1 aromatic heterocycles. The number of unbranched alkanes of at least 4 members (excludes halogenated alkanes) is 1. The van der Waals surface area contributed by atoms with Crippen molar-refractivity contribution in [1.82, 2.24) is 15.2 Å². The first kappa shape index (κ1) is 17.5. The molecule has 1 aliphatic heterocycles. The van der Waals surface area contributed by atoms with E-state index in [9.17, 15) is 9.59 Å². The zero-order valence-electron chi connectivity index (χ0n) is 14.9. The summed E-state index contributed by atoms with van der Waals surface area (Å²) in [7, 11) is 0. The molecule has 2 heterocycles. The van der Waals surface area contributed by atoms with Gasteiger partial charge in [0.15, 0.2) is 0 Å². The molecule has 5 nitrogen and oxygen atoms in total. The Kier molecular flexibility index (Phi) is 5.74. The number of piperidine rings is 1. The van der Waals surface area contributed by atoms with E-state index in [1.165, 1.54) is 0 Å². The van der Waals surface area contributed by atoms with E-state index in [0.29, 0.717) is 19.5 Å². The number of fused-ring (bicyclic) bond motifs is 1. The Morgan fingerprint density at radius 1 is 1.24 bits per heavy atom. The smallest absolute Gasteiger partial charge is 0.227 e. The van der Waals surface area contributed by atoms with E-state index in [1.807, 2.05) is 35.4 Å². The maximum atomic E-state index is 12.6.